The zero-order valence-corrected chi connectivity index (χ0v) is 20.6. The van der Waals surface area contributed by atoms with Gasteiger partial charge in [-0.15, -0.1) is 0 Å². The van der Waals surface area contributed by atoms with E-state index in [0.717, 1.165) is 6.92 Å². The minimum absolute atomic E-state index is 0.00686. The SMILES string of the molecule is CC1=CC1(O[B]C1=C(F)C(F)=C(F)C(F)C1F)OB(C1=C(F)C(F)C(F)C(F)=C1F)C1C(F)=C(F)C(F)=C(F)C1(C)F. The minimum Gasteiger partial charge on any atom is -0.403 e. The van der Waals surface area contributed by atoms with Gasteiger partial charge in [0.05, 0.1) is 5.82 Å². The molecule has 7 unspecified atom stereocenters. The van der Waals surface area contributed by atoms with E-state index in [1.165, 1.54) is 0 Å². The van der Waals surface area contributed by atoms with E-state index >= 15 is 4.39 Å². The van der Waals surface area contributed by atoms with Gasteiger partial charge in [-0.05, 0) is 25.5 Å². The van der Waals surface area contributed by atoms with Crippen molar-refractivity contribution in [1.29, 1.82) is 0 Å². The molecule has 0 aromatic heterocycles. The van der Waals surface area contributed by atoms with Crippen molar-refractivity contribution in [3.63, 3.8) is 0 Å². The number of alkyl halides is 5. The van der Waals surface area contributed by atoms with Crippen LogP contribution >= 0.6 is 0 Å². The van der Waals surface area contributed by atoms with Gasteiger partial charge in [-0.1, -0.05) is 0 Å². The third kappa shape index (κ3) is 4.75. The highest BCUT2D eigenvalue weighted by Gasteiger charge is 2.62. The number of hydrogen-bond donors (Lipinski definition) is 0. The van der Waals surface area contributed by atoms with Gasteiger partial charge in [-0.3, -0.25) is 0 Å². The molecule has 4 aliphatic rings. The fraction of sp³-hybridized carbons (Fsp3) is 0.391. The molecule has 0 aromatic carbocycles. The first-order valence-electron chi connectivity index (χ1n) is 11.5. The van der Waals surface area contributed by atoms with Crippen molar-refractivity contribution in [3.05, 3.63) is 80.9 Å². The molecule has 19 heteroatoms. The molecular formula is C23H12B2F15O2. The maximum Gasteiger partial charge on any atom is 0.350 e. The quantitative estimate of drug-likeness (QED) is 0.122. The van der Waals surface area contributed by atoms with E-state index < -0.39 is 118 Å². The summed E-state index contributed by atoms with van der Waals surface area (Å²) in [5.74, 6) is -32.4. The Morgan fingerprint density at radius 3 is 1.71 bits per heavy atom. The van der Waals surface area contributed by atoms with Crippen LogP contribution in [-0.2, 0) is 9.31 Å². The summed E-state index contributed by atoms with van der Waals surface area (Å²) in [4.78, 5) is 0. The maximum absolute atomic E-state index is 15.5. The predicted octanol–water partition coefficient (Wildman–Crippen LogP) is 8.32. The highest BCUT2D eigenvalue weighted by Crippen LogP contribution is 2.56. The molecule has 7 atom stereocenters. The molecule has 0 saturated carbocycles. The lowest BCUT2D eigenvalue weighted by molar-refractivity contribution is -0.00767. The monoisotopic (exact) mass is 627 g/mol. The zero-order chi connectivity index (χ0) is 31.8. The molecule has 0 spiro atoms. The molecule has 227 valence electrons. The summed E-state index contributed by atoms with van der Waals surface area (Å²) in [5.41, 5.74) is -8.37. The van der Waals surface area contributed by atoms with Gasteiger partial charge in [0, 0.05) is 10.9 Å². The molecule has 0 bridgehead atoms. The molecule has 0 fully saturated rings. The zero-order valence-electron chi connectivity index (χ0n) is 20.6. The fourth-order valence-corrected chi connectivity index (χ4v) is 4.41. The number of hydrogen-bond acceptors (Lipinski definition) is 2. The van der Waals surface area contributed by atoms with Crippen LogP contribution < -0.4 is 0 Å². The molecule has 0 heterocycles. The van der Waals surface area contributed by atoms with Crippen molar-refractivity contribution >= 4 is 14.4 Å². The molecule has 0 aromatic rings. The summed E-state index contributed by atoms with van der Waals surface area (Å²) in [6, 6.07) is 0. The normalized spacial score (nSPS) is 35.9. The van der Waals surface area contributed by atoms with Gasteiger partial charge >= 0.3 is 14.4 Å². The van der Waals surface area contributed by atoms with Crippen molar-refractivity contribution in [3.8, 4) is 0 Å². The summed E-state index contributed by atoms with van der Waals surface area (Å²) < 4.78 is 224. The predicted molar refractivity (Wildman–Crippen MR) is 116 cm³/mol. The van der Waals surface area contributed by atoms with Gasteiger partial charge in [0.15, 0.2) is 82.8 Å². The van der Waals surface area contributed by atoms with E-state index in [1.54, 1.807) is 0 Å². The summed E-state index contributed by atoms with van der Waals surface area (Å²) in [7, 11) is -0.154. The van der Waals surface area contributed by atoms with E-state index in [2.05, 4.69) is 0 Å². The van der Waals surface area contributed by atoms with Crippen LogP contribution in [-0.4, -0.2) is 50.5 Å². The van der Waals surface area contributed by atoms with Crippen molar-refractivity contribution in [2.24, 2.45) is 0 Å². The Labute approximate surface area is 227 Å². The average molecular weight is 627 g/mol. The number of rotatable bonds is 7. The number of allylic oxidation sites excluding steroid dienone is 12. The van der Waals surface area contributed by atoms with E-state index in [-0.39, 0.29) is 20.0 Å². The van der Waals surface area contributed by atoms with Crippen molar-refractivity contribution in [2.75, 3.05) is 0 Å². The Kier molecular flexibility index (Phi) is 8.19. The standard InChI is InChI=1S/C23H12B2F15O2/c1-4-3-23(4,41-24-5-7(26)11(30)15(34)12(31)8(5)27)42-25(6-9(28)13(32)16(35)14(33)10(6)29)20-18(37)17(36)19(38)21(39)22(20,2)40/h3,7,11,13,16,20H,1-2H3. The Bertz CT molecular complexity index is 1440. The topological polar surface area (TPSA) is 18.5 Å². The molecule has 4 aliphatic carbocycles. The van der Waals surface area contributed by atoms with Gasteiger partial charge in [0.25, 0.3) is 0 Å². The lowest BCUT2D eigenvalue weighted by Gasteiger charge is -2.38. The first kappa shape index (κ1) is 32.1. The molecule has 42 heavy (non-hydrogen) atoms. The average Bonchev–Trinajstić information content (AvgIpc) is 3.58. The Morgan fingerprint density at radius 1 is 0.690 bits per heavy atom. The lowest BCUT2D eigenvalue weighted by atomic mass is 9.44. The van der Waals surface area contributed by atoms with Crippen LogP contribution in [0.4, 0.5) is 65.9 Å². The summed E-state index contributed by atoms with van der Waals surface area (Å²) in [5, 5.41) is 0. The molecule has 0 saturated heterocycles. The van der Waals surface area contributed by atoms with Crippen LogP contribution in [0, 0.1) is 0 Å². The van der Waals surface area contributed by atoms with Crippen LogP contribution in [0.1, 0.15) is 13.8 Å². The smallest absolute Gasteiger partial charge is 0.350 e. The van der Waals surface area contributed by atoms with E-state index in [9.17, 15) is 61.5 Å². The van der Waals surface area contributed by atoms with Crippen molar-refractivity contribution < 1.29 is 75.2 Å². The second-order valence-electron chi connectivity index (χ2n) is 9.57. The molecule has 2 nitrogen and oxygen atoms in total. The summed E-state index contributed by atoms with van der Waals surface area (Å²) in [6.45, 7) is -2.34. The van der Waals surface area contributed by atoms with E-state index in [0.29, 0.717) is 6.08 Å². The van der Waals surface area contributed by atoms with Gasteiger partial charge in [0.1, 0.15) is 11.7 Å². The summed E-state index contributed by atoms with van der Waals surface area (Å²) in [6.07, 6.45) is -13.3. The molecular weight excluding hydrogens is 615 g/mol. The van der Waals surface area contributed by atoms with Gasteiger partial charge in [-0.2, -0.15) is 0 Å². The van der Waals surface area contributed by atoms with Gasteiger partial charge < -0.3 is 9.31 Å². The first-order valence-corrected chi connectivity index (χ1v) is 11.5. The van der Waals surface area contributed by atoms with Crippen LogP contribution in [0.3, 0.4) is 0 Å². The third-order valence-corrected chi connectivity index (χ3v) is 6.90. The molecule has 4 rings (SSSR count). The molecule has 0 N–H and O–H groups in total. The van der Waals surface area contributed by atoms with E-state index in [1.807, 2.05) is 0 Å². The highest BCUT2D eigenvalue weighted by atomic mass is 19.2. The van der Waals surface area contributed by atoms with Crippen molar-refractivity contribution in [1.82, 2.24) is 0 Å². The Balaban J connectivity index is 1.82. The maximum atomic E-state index is 15.5. The summed E-state index contributed by atoms with van der Waals surface area (Å²) >= 11 is 0. The minimum atomic E-state index is -4.15. The highest BCUT2D eigenvalue weighted by molar-refractivity contribution is 6.65. The van der Waals surface area contributed by atoms with Crippen molar-refractivity contribution in [2.45, 2.75) is 55.8 Å². The van der Waals surface area contributed by atoms with Crippen LogP contribution in [0.2, 0.25) is 5.82 Å². The number of halogens is 15. The Hall–Kier alpha value is -2.82. The second-order valence-corrected chi connectivity index (χ2v) is 9.57. The first-order chi connectivity index (χ1) is 19.3. The molecule has 1 radical (unpaired) electrons. The van der Waals surface area contributed by atoms with Crippen LogP contribution in [0.15, 0.2) is 80.9 Å². The van der Waals surface area contributed by atoms with Gasteiger partial charge in [-0.25, -0.2) is 65.9 Å². The molecule has 0 aliphatic heterocycles. The third-order valence-electron chi connectivity index (χ3n) is 6.90. The van der Waals surface area contributed by atoms with Crippen LogP contribution in [0.25, 0.3) is 0 Å². The fourth-order valence-electron chi connectivity index (χ4n) is 4.41. The molecule has 0 amide bonds. The van der Waals surface area contributed by atoms with E-state index in [4.69, 9.17) is 9.31 Å². The van der Waals surface area contributed by atoms with Crippen LogP contribution in [0.5, 0.6) is 0 Å². The second kappa shape index (κ2) is 10.7. The Morgan fingerprint density at radius 2 is 1.17 bits per heavy atom. The largest absolute Gasteiger partial charge is 0.403 e. The lowest BCUT2D eigenvalue weighted by Crippen LogP contribution is -2.48. The van der Waals surface area contributed by atoms with Gasteiger partial charge in [0.2, 0.25) is 0 Å².